The smallest absolute Gasteiger partial charge is 0.319 e. The summed E-state index contributed by atoms with van der Waals surface area (Å²) in [5.41, 5.74) is 4.11. The number of carbonyl (C=O) groups excluding carboxylic acids is 2. The normalized spacial score (nSPS) is 20.4. The molecule has 3 N–H and O–H groups in total. The molecule has 1 unspecified atom stereocenters. The Balaban J connectivity index is 1.31. The van der Waals surface area contributed by atoms with E-state index < -0.39 is 18.4 Å². The Morgan fingerprint density at radius 3 is 2.39 bits per heavy atom. The Morgan fingerprint density at radius 1 is 0.909 bits per heavy atom. The van der Waals surface area contributed by atoms with Crippen LogP contribution >= 0.6 is 11.8 Å². The molecule has 1 fully saturated rings. The number of aromatic nitrogens is 1. The average molecular weight is 612 g/mol. The lowest BCUT2D eigenvalue weighted by atomic mass is 9.91. The van der Waals surface area contributed by atoms with Crippen LogP contribution in [0.25, 0.3) is 0 Å². The predicted octanol–water partition coefficient (Wildman–Crippen LogP) is 6.48. The van der Waals surface area contributed by atoms with Gasteiger partial charge in [-0.2, -0.15) is 0 Å². The Labute approximate surface area is 262 Å². The van der Waals surface area contributed by atoms with E-state index in [4.69, 9.17) is 9.47 Å². The van der Waals surface area contributed by atoms with Gasteiger partial charge in [0.1, 0.15) is 0 Å². The molecule has 44 heavy (non-hydrogen) atoms. The van der Waals surface area contributed by atoms with Crippen LogP contribution in [-0.4, -0.2) is 39.8 Å². The number of hydrogen-bond donors (Lipinski definition) is 3. The molecule has 1 aliphatic rings. The average Bonchev–Trinajstić information content (AvgIpc) is 3.05. The number of Topliss-reactive ketones (excluding diaryl/α,β-unsaturated/α-hetero) is 1. The fourth-order valence-corrected chi connectivity index (χ4v) is 6.17. The minimum absolute atomic E-state index is 0.0246. The van der Waals surface area contributed by atoms with Gasteiger partial charge in [-0.1, -0.05) is 79.7 Å². The second-order valence-electron chi connectivity index (χ2n) is 10.9. The van der Waals surface area contributed by atoms with Crippen molar-refractivity contribution in [2.45, 2.75) is 56.4 Å². The molecule has 8 nitrogen and oxygen atoms in total. The van der Waals surface area contributed by atoms with E-state index >= 15 is 0 Å². The second kappa shape index (κ2) is 15.1. The number of ketones is 1. The number of thioether (sulfide) groups is 1. The Kier molecular flexibility index (Phi) is 10.8. The van der Waals surface area contributed by atoms with Crippen LogP contribution in [0.1, 0.15) is 48.5 Å². The third kappa shape index (κ3) is 8.33. The van der Waals surface area contributed by atoms with Crippen LogP contribution in [0.15, 0.2) is 108 Å². The van der Waals surface area contributed by atoms with Crippen molar-refractivity contribution in [3.63, 3.8) is 0 Å². The third-order valence-corrected chi connectivity index (χ3v) is 8.68. The zero-order chi connectivity index (χ0) is 30.9. The van der Waals surface area contributed by atoms with Gasteiger partial charge < -0.3 is 25.2 Å². The topological polar surface area (TPSA) is 110 Å². The molecule has 5 rings (SSSR count). The third-order valence-electron chi connectivity index (χ3n) is 7.65. The standard InChI is InChI=1S/C35H37N3O5S/c1-23-31(22-44-32-13-6-7-18-36-32)42-34(43-33(23)27-16-14-26(21-39)15-17-27)28-11-8-12-29(20-28)37-35(41)38-30(24(2)40)19-25-9-4-3-5-10-25/h3-18,20,23,30-31,33-34,39H,19,21-22H2,1-2H3,(H2,37,38,41)/t23-,30+,31+,33+,34?/m0/s1. The fraction of sp³-hybridized carbons (Fsp3) is 0.286. The molecular formula is C35H37N3O5S. The lowest BCUT2D eigenvalue weighted by Gasteiger charge is -2.41. The molecule has 0 spiro atoms. The Hall–Kier alpha value is -4.02. The largest absolute Gasteiger partial charge is 0.392 e. The number of rotatable bonds is 11. The number of urea groups is 1. The number of aliphatic hydroxyl groups excluding tert-OH is 1. The van der Waals surface area contributed by atoms with Crippen LogP contribution in [0.2, 0.25) is 0 Å². The minimum Gasteiger partial charge on any atom is -0.392 e. The molecule has 0 aliphatic carbocycles. The van der Waals surface area contributed by atoms with Crippen LogP contribution in [0.5, 0.6) is 0 Å². The van der Waals surface area contributed by atoms with Gasteiger partial charge in [0.25, 0.3) is 0 Å². The number of carbonyl (C=O) groups is 2. The first-order valence-corrected chi connectivity index (χ1v) is 15.6. The summed E-state index contributed by atoms with van der Waals surface area (Å²) in [4.78, 5) is 29.7. The first-order chi connectivity index (χ1) is 21.4. The molecule has 3 aromatic carbocycles. The number of amides is 2. The predicted molar refractivity (Wildman–Crippen MR) is 171 cm³/mol. The maximum Gasteiger partial charge on any atom is 0.319 e. The number of hydrogen-bond acceptors (Lipinski definition) is 7. The second-order valence-corrected chi connectivity index (χ2v) is 11.9. The Bertz CT molecular complexity index is 1520. The van der Waals surface area contributed by atoms with E-state index in [2.05, 4.69) is 22.5 Å². The molecule has 9 heteroatoms. The van der Waals surface area contributed by atoms with Crippen LogP contribution in [0.3, 0.4) is 0 Å². The van der Waals surface area contributed by atoms with E-state index in [1.807, 2.05) is 91.0 Å². The van der Waals surface area contributed by atoms with Gasteiger partial charge >= 0.3 is 6.03 Å². The maximum absolute atomic E-state index is 12.9. The minimum atomic E-state index is -0.684. The van der Waals surface area contributed by atoms with Crippen LogP contribution in [0.4, 0.5) is 10.5 Å². The molecule has 0 saturated carbocycles. The van der Waals surface area contributed by atoms with Crippen molar-refractivity contribution < 1.29 is 24.2 Å². The van der Waals surface area contributed by atoms with E-state index in [-0.39, 0.29) is 30.5 Å². The van der Waals surface area contributed by atoms with E-state index in [1.165, 1.54) is 6.92 Å². The van der Waals surface area contributed by atoms with Crippen molar-refractivity contribution >= 4 is 29.3 Å². The van der Waals surface area contributed by atoms with Gasteiger partial charge in [-0.25, -0.2) is 9.78 Å². The quantitative estimate of drug-likeness (QED) is 0.167. The van der Waals surface area contributed by atoms with E-state index in [1.54, 1.807) is 24.0 Å². The van der Waals surface area contributed by atoms with E-state index in [0.29, 0.717) is 17.9 Å². The highest BCUT2D eigenvalue weighted by atomic mass is 32.2. The number of pyridine rings is 1. The molecule has 2 amide bonds. The molecular weight excluding hydrogens is 574 g/mol. The van der Waals surface area contributed by atoms with Crippen LogP contribution < -0.4 is 10.6 Å². The van der Waals surface area contributed by atoms with Crippen molar-refractivity contribution in [3.8, 4) is 0 Å². The van der Waals surface area contributed by atoms with Gasteiger partial charge in [-0.15, -0.1) is 11.8 Å². The van der Waals surface area contributed by atoms with Crippen molar-refractivity contribution in [1.82, 2.24) is 10.3 Å². The summed E-state index contributed by atoms with van der Waals surface area (Å²) < 4.78 is 13.1. The molecule has 1 saturated heterocycles. The summed E-state index contributed by atoms with van der Waals surface area (Å²) >= 11 is 1.63. The van der Waals surface area contributed by atoms with Crippen LogP contribution in [0, 0.1) is 5.92 Å². The van der Waals surface area contributed by atoms with E-state index in [0.717, 1.165) is 27.3 Å². The van der Waals surface area contributed by atoms with Gasteiger partial charge in [0.2, 0.25) is 0 Å². The summed E-state index contributed by atoms with van der Waals surface area (Å²) in [6, 6.07) is 29.5. The monoisotopic (exact) mass is 611 g/mol. The molecule has 5 atom stereocenters. The summed E-state index contributed by atoms with van der Waals surface area (Å²) in [5, 5.41) is 16.1. The summed E-state index contributed by atoms with van der Waals surface area (Å²) in [6.45, 7) is 3.57. The summed E-state index contributed by atoms with van der Waals surface area (Å²) in [6.07, 6.45) is 1.09. The maximum atomic E-state index is 12.9. The highest BCUT2D eigenvalue weighted by Gasteiger charge is 2.38. The number of nitrogens with one attached hydrogen (secondary N) is 2. The van der Waals surface area contributed by atoms with Gasteiger partial charge in [0.15, 0.2) is 12.1 Å². The lowest BCUT2D eigenvalue weighted by molar-refractivity contribution is -0.268. The SMILES string of the molecule is CC(=O)[C@@H](Cc1ccccc1)NC(=O)Nc1cccc(C2O[C@H](CSc3ccccn3)[C@H](C)[C@H](c3ccc(CO)cc3)O2)c1. The lowest BCUT2D eigenvalue weighted by Crippen LogP contribution is -2.43. The molecule has 4 aromatic rings. The van der Waals surface area contributed by atoms with Crippen molar-refractivity contribution in [1.29, 1.82) is 0 Å². The van der Waals surface area contributed by atoms with Crippen molar-refractivity contribution in [2.75, 3.05) is 11.1 Å². The highest BCUT2D eigenvalue weighted by molar-refractivity contribution is 7.99. The van der Waals surface area contributed by atoms with Gasteiger partial charge in [0, 0.05) is 29.1 Å². The zero-order valence-electron chi connectivity index (χ0n) is 24.8. The molecule has 0 radical (unpaired) electrons. The summed E-state index contributed by atoms with van der Waals surface area (Å²) in [7, 11) is 0. The van der Waals surface area contributed by atoms with E-state index in [9.17, 15) is 14.7 Å². The van der Waals surface area contributed by atoms with Gasteiger partial charge in [0.05, 0.1) is 29.9 Å². The molecule has 0 bridgehead atoms. The van der Waals surface area contributed by atoms with Gasteiger partial charge in [-0.05, 0) is 54.3 Å². The first-order valence-electron chi connectivity index (χ1n) is 14.7. The zero-order valence-corrected chi connectivity index (χ0v) is 25.6. The molecule has 228 valence electrons. The summed E-state index contributed by atoms with van der Waals surface area (Å²) in [5.74, 6) is 0.587. The molecule has 2 heterocycles. The number of aliphatic hydroxyl groups is 1. The Morgan fingerprint density at radius 2 is 1.68 bits per heavy atom. The molecule has 1 aliphatic heterocycles. The molecule has 1 aromatic heterocycles. The first kappa shape index (κ1) is 31.4. The number of ether oxygens (including phenoxy) is 2. The van der Waals surface area contributed by atoms with Crippen LogP contribution in [-0.2, 0) is 27.3 Å². The van der Waals surface area contributed by atoms with Crippen molar-refractivity contribution in [2.24, 2.45) is 5.92 Å². The fourth-order valence-electron chi connectivity index (χ4n) is 5.14. The number of nitrogens with zero attached hydrogens (tertiary/aromatic N) is 1. The van der Waals surface area contributed by atoms with Crippen molar-refractivity contribution in [3.05, 3.63) is 126 Å². The van der Waals surface area contributed by atoms with Gasteiger partial charge in [-0.3, -0.25) is 4.79 Å². The number of anilines is 1. The number of benzene rings is 3. The highest BCUT2D eigenvalue weighted by Crippen LogP contribution is 2.43.